The van der Waals surface area contributed by atoms with Gasteiger partial charge in [-0.1, -0.05) is 24.3 Å². The van der Waals surface area contributed by atoms with Crippen LogP contribution >= 0.6 is 0 Å². The van der Waals surface area contributed by atoms with Gasteiger partial charge in [0.05, 0.1) is 11.1 Å². The second-order valence-electron chi connectivity index (χ2n) is 2.54. The van der Waals surface area contributed by atoms with Gasteiger partial charge in [-0.15, -0.1) is 0 Å². The first-order valence-electron chi connectivity index (χ1n) is 3.85. The molecule has 1 aliphatic carbocycles. The van der Waals surface area contributed by atoms with Gasteiger partial charge in [-0.25, -0.2) is 9.59 Å². The first-order chi connectivity index (χ1) is 6.63. The molecule has 0 saturated carbocycles. The summed E-state index contributed by atoms with van der Waals surface area (Å²) in [6, 6.07) is 0. The molecule has 0 fully saturated rings. The van der Waals surface area contributed by atoms with Gasteiger partial charge in [-0.3, -0.25) is 0 Å². The van der Waals surface area contributed by atoms with Crippen LogP contribution in [0.2, 0.25) is 0 Å². The lowest BCUT2D eigenvalue weighted by atomic mass is 10.0. The molecule has 2 N–H and O–H groups in total. The lowest BCUT2D eigenvalue weighted by Crippen LogP contribution is -2.11. The van der Waals surface area contributed by atoms with Crippen molar-refractivity contribution in [1.29, 1.82) is 0 Å². The standard InChI is InChI=1S/C10H8O4/c11-9(12)7-5-3-1-2-4-6-8(7)10(13)14/h1-6H,(H,11,12)(H,13,14)/b2-1?,3-1-,4-2-,5-3?,6-4?,7-5+,8-6+,8-7?. The van der Waals surface area contributed by atoms with Crippen LogP contribution in [0.4, 0.5) is 0 Å². The lowest BCUT2D eigenvalue weighted by Gasteiger charge is -2.02. The lowest BCUT2D eigenvalue weighted by molar-refractivity contribution is -0.136. The van der Waals surface area contributed by atoms with E-state index in [1.165, 1.54) is 24.3 Å². The molecule has 0 saturated heterocycles. The molecule has 0 aromatic carbocycles. The van der Waals surface area contributed by atoms with Crippen molar-refractivity contribution < 1.29 is 19.8 Å². The summed E-state index contributed by atoms with van der Waals surface area (Å²) in [5.74, 6) is -2.50. The van der Waals surface area contributed by atoms with Crippen LogP contribution in [-0.4, -0.2) is 22.2 Å². The van der Waals surface area contributed by atoms with Crippen molar-refractivity contribution in [1.82, 2.24) is 0 Å². The molecule has 4 heteroatoms. The number of carboxylic acid groups (broad SMARTS) is 2. The number of rotatable bonds is 2. The minimum atomic E-state index is -1.25. The van der Waals surface area contributed by atoms with Crippen molar-refractivity contribution >= 4 is 11.9 Å². The molecule has 0 aromatic rings. The number of carbonyl (C=O) groups is 2. The topological polar surface area (TPSA) is 74.6 Å². The Hall–Kier alpha value is -2.10. The fourth-order valence-corrected chi connectivity index (χ4v) is 0.984. The highest BCUT2D eigenvalue weighted by atomic mass is 16.4. The highest BCUT2D eigenvalue weighted by molar-refractivity contribution is 6.06. The van der Waals surface area contributed by atoms with Crippen LogP contribution in [0.1, 0.15) is 0 Å². The van der Waals surface area contributed by atoms with E-state index in [2.05, 4.69) is 0 Å². The zero-order chi connectivity index (χ0) is 10.6. The Balaban J connectivity index is 3.19. The number of aliphatic carboxylic acids is 2. The van der Waals surface area contributed by atoms with Gasteiger partial charge >= 0.3 is 11.9 Å². The summed E-state index contributed by atoms with van der Waals surface area (Å²) >= 11 is 0. The smallest absolute Gasteiger partial charge is 0.336 e. The van der Waals surface area contributed by atoms with Crippen LogP contribution in [-0.2, 0) is 9.59 Å². The predicted octanol–water partition coefficient (Wildman–Crippen LogP) is 1.13. The Morgan fingerprint density at radius 2 is 1.14 bits per heavy atom. The van der Waals surface area contributed by atoms with E-state index in [0.717, 1.165) is 0 Å². The maximum Gasteiger partial charge on any atom is 0.336 e. The predicted molar refractivity (Wildman–Crippen MR) is 49.7 cm³/mol. The van der Waals surface area contributed by atoms with Crippen LogP contribution in [0.5, 0.6) is 0 Å². The molecule has 4 nitrogen and oxygen atoms in total. The summed E-state index contributed by atoms with van der Waals surface area (Å²) in [6.07, 6.45) is 8.72. The third-order valence-corrected chi connectivity index (χ3v) is 1.61. The average Bonchev–Trinajstić information content (AvgIpc) is 2.01. The monoisotopic (exact) mass is 192 g/mol. The highest BCUT2D eigenvalue weighted by Crippen LogP contribution is 2.12. The minimum Gasteiger partial charge on any atom is -0.478 e. The summed E-state index contributed by atoms with van der Waals surface area (Å²) in [5, 5.41) is 17.5. The first kappa shape index (κ1) is 9.98. The Labute approximate surface area is 80.2 Å². The van der Waals surface area contributed by atoms with Crippen LogP contribution in [0, 0.1) is 0 Å². The van der Waals surface area contributed by atoms with Crippen LogP contribution in [0.3, 0.4) is 0 Å². The molecule has 0 spiro atoms. The van der Waals surface area contributed by atoms with Crippen LogP contribution < -0.4 is 0 Å². The Bertz CT molecular complexity index is 345. The molecule has 1 aliphatic rings. The molecule has 0 aromatic heterocycles. The van der Waals surface area contributed by atoms with Crippen molar-refractivity contribution in [3.8, 4) is 0 Å². The fourth-order valence-electron chi connectivity index (χ4n) is 0.984. The second-order valence-corrected chi connectivity index (χ2v) is 2.54. The van der Waals surface area contributed by atoms with Gasteiger partial charge in [0.2, 0.25) is 0 Å². The first-order valence-corrected chi connectivity index (χ1v) is 3.85. The summed E-state index contributed by atoms with van der Waals surface area (Å²) in [4.78, 5) is 21.4. The van der Waals surface area contributed by atoms with Crippen molar-refractivity contribution in [3.05, 3.63) is 47.6 Å². The zero-order valence-corrected chi connectivity index (χ0v) is 7.18. The van der Waals surface area contributed by atoms with Gasteiger partial charge < -0.3 is 10.2 Å². The van der Waals surface area contributed by atoms with E-state index in [1.807, 2.05) is 0 Å². The summed E-state index contributed by atoms with van der Waals surface area (Å²) < 4.78 is 0. The second kappa shape index (κ2) is 4.23. The fraction of sp³-hybridized carbons (Fsp3) is 0. The van der Waals surface area contributed by atoms with Crippen molar-refractivity contribution in [2.45, 2.75) is 0 Å². The van der Waals surface area contributed by atoms with E-state index in [1.54, 1.807) is 12.2 Å². The molecule has 0 unspecified atom stereocenters. The number of allylic oxidation sites excluding steroid dienone is 6. The largest absolute Gasteiger partial charge is 0.478 e. The van der Waals surface area contributed by atoms with Crippen molar-refractivity contribution in [3.63, 3.8) is 0 Å². The van der Waals surface area contributed by atoms with E-state index in [9.17, 15) is 9.59 Å². The van der Waals surface area contributed by atoms with E-state index >= 15 is 0 Å². The molecular formula is C10H8O4. The number of hydrogen-bond donors (Lipinski definition) is 2. The Morgan fingerprint density at radius 3 is 1.43 bits per heavy atom. The SMILES string of the molecule is O=C(O)C1=C/C=C\C=C/C=C\1C(=O)O. The Kier molecular flexibility index (Phi) is 3.01. The maximum absolute atomic E-state index is 10.7. The minimum absolute atomic E-state index is 0.224. The van der Waals surface area contributed by atoms with E-state index in [4.69, 9.17) is 10.2 Å². The van der Waals surface area contributed by atoms with Gasteiger partial charge in [0, 0.05) is 0 Å². The third kappa shape index (κ3) is 2.20. The number of carboxylic acids is 2. The summed E-state index contributed by atoms with van der Waals surface area (Å²) in [7, 11) is 0. The maximum atomic E-state index is 10.7. The molecule has 1 rings (SSSR count). The average molecular weight is 192 g/mol. The zero-order valence-electron chi connectivity index (χ0n) is 7.18. The van der Waals surface area contributed by atoms with Crippen molar-refractivity contribution in [2.75, 3.05) is 0 Å². The van der Waals surface area contributed by atoms with Gasteiger partial charge in [0.1, 0.15) is 0 Å². The van der Waals surface area contributed by atoms with Crippen LogP contribution in [0.15, 0.2) is 47.6 Å². The van der Waals surface area contributed by atoms with Gasteiger partial charge in [-0.2, -0.15) is 0 Å². The van der Waals surface area contributed by atoms with E-state index < -0.39 is 11.9 Å². The molecule has 0 amide bonds. The van der Waals surface area contributed by atoms with Gasteiger partial charge in [0.15, 0.2) is 0 Å². The quantitative estimate of drug-likeness (QED) is 0.687. The van der Waals surface area contributed by atoms with Gasteiger partial charge in [-0.05, 0) is 12.2 Å². The normalized spacial score (nSPS) is 27.1. The summed E-state index contributed by atoms with van der Waals surface area (Å²) in [5.41, 5.74) is -0.448. The Morgan fingerprint density at radius 1 is 0.786 bits per heavy atom. The van der Waals surface area contributed by atoms with E-state index in [-0.39, 0.29) is 11.1 Å². The van der Waals surface area contributed by atoms with E-state index in [0.29, 0.717) is 0 Å². The highest BCUT2D eigenvalue weighted by Gasteiger charge is 2.18. The molecule has 14 heavy (non-hydrogen) atoms. The number of hydrogen-bond acceptors (Lipinski definition) is 2. The molecule has 0 aliphatic heterocycles. The molecule has 0 heterocycles. The molecule has 0 bridgehead atoms. The summed E-state index contributed by atoms with van der Waals surface area (Å²) in [6.45, 7) is 0. The molecule has 0 atom stereocenters. The van der Waals surface area contributed by atoms with Gasteiger partial charge in [0.25, 0.3) is 0 Å². The molecular weight excluding hydrogens is 184 g/mol. The molecule has 0 radical (unpaired) electrons. The van der Waals surface area contributed by atoms with Crippen molar-refractivity contribution in [2.24, 2.45) is 0 Å². The van der Waals surface area contributed by atoms with Crippen LogP contribution in [0.25, 0.3) is 0 Å². The molecule has 72 valence electrons. The third-order valence-electron chi connectivity index (χ3n) is 1.61.